The van der Waals surface area contributed by atoms with E-state index in [1.807, 2.05) is 56.3 Å². The number of hydrazone groups is 1. The molecule has 0 unspecified atom stereocenters. The van der Waals surface area contributed by atoms with Crippen LogP contribution in [0.25, 0.3) is 5.69 Å². The van der Waals surface area contributed by atoms with Crippen molar-refractivity contribution in [2.75, 3.05) is 6.61 Å². The molecule has 0 saturated heterocycles. The first-order valence-corrected chi connectivity index (χ1v) is 10.5. The maximum Gasteiger partial charge on any atom is 0.277 e. The van der Waals surface area contributed by atoms with Crippen molar-refractivity contribution in [2.45, 2.75) is 13.8 Å². The lowest BCUT2D eigenvalue weighted by Gasteiger charge is -2.09. The minimum absolute atomic E-state index is 0.0880. The van der Waals surface area contributed by atoms with Crippen molar-refractivity contribution in [2.24, 2.45) is 5.10 Å². The number of carbonyl (C=O) groups is 1. The third-order valence-corrected chi connectivity index (χ3v) is 5.56. The highest BCUT2D eigenvalue weighted by molar-refractivity contribution is 14.1. The summed E-state index contributed by atoms with van der Waals surface area (Å²) in [6.07, 6.45) is 1.65. The largest absolute Gasteiger partial charge is 0.483 e. The number of nitrogens with zero attached hydrogens (tertiary/aromatic N) is 2. The second-order valence-electron chi connectivity index (χ2n) is 6.15. The highest BCUT2D eigenvalue weighted by Gasteiger charge is 2.10. The van der Waals surface area contributed by atoms with E-state index in [2.05, 4.69) is 65.7 Å². The van der Waals surface area contributed by atoms with Crippen molar-refractivity contribution < 1.29 is 9.53 Å². The van der Waals surface area contributed by atoms with Crippen molar-refractivity contribution >= 4 is 50.6 Å². The van der Waals surface area contributed by atoms with E-state index in [4.69, 9.17) is 4.74 Å². The van der Waals surface area contributed by atoms with Gasteiger partial charge in [0.1, 0.15) is 5.75 Å². The first kappa shape index (κ1) is 20.6. The first-order chi connectivity index (χ1) is 13.5. The topological polar surface area (TPSA) is 55.6 Å². The van der Waals surface area contributed by atoms with Crippen LogP contribution in [0.4, 0.5) is 0 Å². The van der Waals surface area contributed by atoms with Crippen LogP contribution in [0.15, 0.2) is 64.2 Å². The molecule has 1 N–H and O–H groups in total. The summed E-state index contributed by atoms with van der Waals surface area (Å²) in [4.78, 5) is 12.0. The van der Waals surface area contributed by atoms with Gasteiger partial charge in [0.25, 0.3) is 5.91 Å². The summed E-state index contributed by atoms with van der Waals surface area (Å²) in [6.45, 7) is 3.98. The molecule has 0 radical (unpaired) electrons. The number of ether oxygens (including phenoxy) is 1. The third-order valence-electron chi connectivity index (χ3n) is 4.14. The molecule has 5 nitrogen and oxygen atoms in total. The summed E-state index contributed by atoms with van der Waals surface area (Å²) in [7, 11) is 0. The Morgan fingerprint density at radius 1 is 1.21 bits per heavy atom. The summed E-state index contributed by atoms with van der Waals surface area (Å²) in [6, 6.07) is 17.7. The molecule has 144 valence electrons. The molecule has 0 aliphatic rings. The van der Waals surface area contributed by atoms with Gasteiger partial charge in [0.2, 0.25) is 0 Å². The number of halogens is 2. The highest BCUT2D eigenvalue weighted by Crippen LogP contribution is 2.21. The average Bonchev–Trinajstić information content (AvgIpc) is 2.95. The van der Waals surface area contributed by atoms with Crippen LogP contribution in [-0.4, -0.2) is 23.3 Å². The second kappa shape index (κ2) is 9.38. The molecule has 2 aromatic carbocycles. The standard InChI is InChI=1S/C21H19BrIN3O2/c1-14-11-16(15(2)26(14)18-9-7-17(22)8-10-18)12-24-25-21(27)13-28-20-6-4-3-5-19(20)23/h3-12H,13H2,1-2H3,(H,25,27)/b24-12+. The maximum absolute atomic E-state index is 12.0. The van der Waals surface area contributed by atoms with Gasteiger partial charge in [0.05, 0.1) is 9.78 Å². The monoisotopic (exact) mass is 551 g/mol. The van der Waals surface area contributed by atoms with Gasteiger partial charge in [-0.05, 0) is 78.9 Å². The van der Waals surface area contributed by atoms with E-state index in [1.54, 1.807) is 6.21 Å². The van der Waals surface area contributed by atoms with Gasteiger partial charge in [-0.3, -0.25) is 4.79 Å². The molecule has 3 aromatic rings. The van der Waals surface area contributed by atoms with Crippen LogP contribution in [0.3, 0.4) is 0 Å². The van der Waals surface area contributed by atoms with E-state index in [0.29, 0.717) is 5.75 Å². The summed E-state index contributed by atoms with van der Waals surface area (Å²) in [5.41, 5.74) is 6.67. The fraction of sp³-hybridized carbons (Fsp3) is 0.143. The van der Waals surface area contributed by atoms with Gasteiger partial charge < -0.3 is 9.30 Å². The number of aromatic nitrogens is 1. The Morgan fingerprint density at radius 2 is 1.93 bits per heavy atom. The average molecular weight is 552 g/mol. The Balaban J connectivity index is 1.63. The van der Waals surface area contributed by atoms with Crippen molar-refractivity contribution in [3.05, 3.63) is 79.6 Å². The summed E-state index contributed by atoms with van der Waals surface area (Å²) < 4.78 is 9.66. The van der Waals surface area contributed by atoms with Gasteiger partial charge in [-0.2, -0.15) is 5.10 Å². The van der Waals surface area contributed by atoms with Gasteiger partial charge in [0, 0.05) is 27.1 Å². The molecule has 0 fully saturated rings. The lowest BCUT2D eigenvalue weighted by molar-refractivity contribution is -0.123. The smallest absolute Gasteiger partial charge is 0.277 e. The van der Waals surface area contributed by atoms with Gasteiger partial charge >= 0.3 is 0 Å². The minimum atomic E-state index is -0.308. The molecule has 0 aliphatic carbocycles. The van der Waals surface area contributed by atoms with Crippen molar-refractivity contribution in [3.8, 4) is 11.4 Å². The van der Waals surface area contributed by atoms with Gasteiger partial charge in [0.15, 0.2) is 6.61 Å². The molecule has 0 bridgehead atoms. The zero-order valence-electron chi connectivity index (χ0n) is 15.4. The van der Waals surface area contributed by atoms with Crippen molar-refractivity contribution in [3.63, 3.8) is 0 Å². The number of para-hydroxylation sites is 1. The number of aryl methyl sites for hydroxylation is 1. The number of hydrogen-bond acceptors (Lipinski definition) is 3. The van der Waals surface area contributed by atoms with Crippen molar-refractivity contribution in [1.29, 1.82) is 0 Å². The van der Waals surface area contributed by atoms with Crippen molar-refractivity contribution in [1.82, 2.24) is 9.99 Å². The molecule has 3 rings (SSSR count). The molecule has 1 amide bonds. The summed E-state index contributed by atoms with van der Waals surface area (Å²) >= 11 is 5.63. The van der Waals surface area contributed by atoms with Crippen LogP contribution in [-0.2, 0) is 4.79 Å². The Morgan fingerprint density at radius 3 is 2.64 bits per heavy atom. The lowest BCUT2D eigenvalue weighted by atomic mass is 10.2. The predicted octanol–water partition coefficient (Wildman–Crippen LogP) is 4.99. The molecule has 0 atom stereocenters. The Hall–Kier alpha value is -2.13. The maximum atomic E-state index is 12.0. The van der Waals surface area contributed by atoms with E-state index in [9.17, 15) is 4.79 Å². The van der Waals surface area contributed by atoms with E-state index in [0.717, 1.165) is 30.7 Å². The Bertz CT molecular complexity index is 1010. The normalized spacial score (nSPS) is 11.0. The molecule has 7 heteroatoms. The molecule has 0 aliphatic heterocycles. The van der Waals surface area contributed by atoms with Gasteiger partial charge in [-0.25, -0.2) is 5.43 Å². The third kappa shape index (κ3) is 5.02. The zero-order valence-corrected chi connectivity index (χ0v) is 19.2. The molecule has 1 heterocycles. The van der Waals surface area contributed by atoms with E-state index < -0.39 is 0 Å². The quantitative estimate of drug-likeness (QED) is 0.266. The summed E-state index contributed by atoms with van der Waals surface area (Å²) in [5, 5.41) is 4.07. The fourth-order valence-electron chi connectivity index (χ4n) is 2.82. The van der Waals surface area contributed by atoms with E-state index in [1.165, 1.54) is 0 Å². The number of nitrogens with one attached hydrogen (secondary N) is 1. The van der Waals surface area contributed by atoms with Crippen LogP contribution in [0, 0.1) is 17.4 Å². The summed E-state index contributed by atoms with van der Waals surface area (Å²) in [5.74, 6) is 0.373. The predicted molar refractivity (Wildman–Crippen MR) is 123 cm³/mol. The SMILES string of the molecule is Cc1cc(/C=N/NC(=O)COc2ccccc2I)c(C)n1-c1ccc(Br)cc1. The highest BCUT2D eigenvalue weighted by atomic mass is 127. The molecule has 0 spiro atoms. The van der Waals surface area contributed by atoms with Crippen LogP contribution in [0.5, 0.6) is 5.75 Å². The van der Waals surface area contributed by atoms with E-state index >= 15 is 0 Å². The molecular weight excluding hydrogens is 533 g/mol. The molecule has 1 aromatic heterocycles. The number of carbonyl (C=O) groups excluding carboxylic acids is 1. The lowest BCUT2D eigenvalue weighted by Crippen LogP contribution is -2.24. The number of hydrogen-bond donors (Lipinski definition) is 1. The first-order valence-electron chi connectivity index (χ1n) is 8.60. The number of benzene rings is 2. The second-order valence-corrected chi connectivity index (χ2v) is 8.23. The molecule has 28 heavy (non-hydrogen) atoms. The van der Waals surface area contributed by atoms with Crippen LogP contribution in [0.2, 0.25) is 0 Å². The Labute approximate surface area is 186 Å². The molecular formula is C21H19BrIN3O2. The molecule has 0 saturated carbocycles. The fourth-order valence-corrected chi connectivity index (χ4v) is 3.62. The zero-order chi connectivity index (χ0) is 20.1. The number of rotatable bonds is 6. The van der Waals surface area contributed by atoms with Gasteiger partial charge in [-0.15, -0.1) is 0 Å². The number of amides is 1. The Kier molecular flexibility index (Phi) is 6.90. The van der Waals surface area contributed by atoms with Crippen LogP contribution in [0.1, 0.15) is 17.0 Å². The van der Waals surface area contributed by atoms with Crippen LogP contribution < -0.4 is 10.2 Å². The van der Waals surface area contributed by atoms with E-state index in [-0.39, 0.29) is 12.5 Å². The minimum Gasteiger partial charge on any atom is -0.483 e. The van der Waals surface area contributed by atoms with Crippen LogP contribution >= 0.6 is 38.5 Å². The van der Waals surface area contributed by atoms with Gasteiger partial charge in [-0.1, -0.05) is 28.1 Å².